The van der Waals surface area contributed by atoms with E-state index in [4.69, 9.17) is 5.11 Å². The Kier molecular flexibility index (Phi) is 9.53. The number of carbonyl (C=O) groups is 2. The number of nitrogens with one attached hydrogen (secondary N) is 1. The predicted molar refractivity (Wildman–Crippen MR) is 151 cm³/mol. The van der Waals surface area contributed by atoms with Crippen LogP contribution in [0.25, 0.3) is 0 Å². The first kappa shape index (κ1) is 29.2. The molecule has 0 aromatic heterocycles. The van der Waals surface area contributed by atoms with Crippen molar-refractivity contribution in [2.75, 3.05) is 26.7 Å². The molecule has 1 aliphatic heterocycles. The lowest BCUT2D eigenvalue weighted by molar-refractivity contribution is -0.121. The first-order chi connectivity index (χ1) is 19.1. The summed E-state index contributed by atoms with van der Waals surface area (Å²) >= 11 is 0. The van der Waals surface area contributed by atoms with Crippen LogP contribution in [0.15, 0.2) is 78.9 Å². The summed E-state index contributed by atoms with van der Waals surface area (Å²) in [6, 6.07) is 23.1. The summed E-state index contributed by atoms with van der Waals surface area (Å²) < 4.78 is 25.9. The molecular formula is C32H37F2N3O3. The number of halogens is 2. The third-order valence-corrected chi connectivity index (χ3v) is 7.80. The Labute approximate surface area is 234 Å². The molecule has 1 saturated carbocycles. The van der Waals surface area contributed by atoms with Crippen LogP contribution >= 0.6 is 0 Å². The van der Waals surface area contributed by atoms with Gasteiger partial charge in [-0.3, -0.25) is 4.79 Å². The molecule has 212 valence electrons. The Hall–Kier alpha value is -3.78. The van der Waals surface area contributed by atoms with Gasteiger partial charge in [0.2, 0.25) is 5.91 Å². The number of rotatable bonds is 7. The average molecular weight is 550 g/mol. The van der Waals surface area contributed by atoms with Gasteiger partial charge < -0.3 is 20.2 Å². The van der Waals surface area contributed by atoms with Gasteiger partial charge in [-0.1, -0.05) is 54.6 Å². The molecule has 5 rings (SSSR count). The number of amides is 2. The third-order valence-electron chi connectivity index (χ3n) is 7.80. The van der Waals surface area contributed by atoms with E-state index in [-0.39, 0.29) is 29.6 Å². The summed E-state index contributed by atoms with van der Waals surface area (Å²) in [5.41, 5.74) is 2.85. The minimum atomic E-state index is -0.996. The van der Waals surface area contributed by atoms with Crippen LogP contribution in [0.2, 0.25) is 0 Å². The van der Waals surface area contributed by atoms with Gasteiger partial charge in [0.25, 0.3) is 0 Å². The van der Waals surface area contributed by atoms with Gasteiger partial charge in [-0.25, -0.2) is 13.6 Å². The second kappa shape index (κ2) is 13.0. The summed E-state index contributed by atoms with van der Waals surface area (Å²) in [6.45, 7) is 4.88. The van der Waals surface area contributed by atoms with E-state index < -0.39 is 6.09 Å². The number of piperidine rings is 1. The smallest absolute Gasteiger partial charge is 0.407 e. The quantitative estimate of drug-likeness (QED) is 0.380. The zero-order chi connectivity index (χ0) is 28.7. The first-order valence-electron chi connectivity index (χ1n) is 13.7. The molecule has 1 saturated heterocycles. The van der Waals surface area contributed by atoms with E-state index in [1.54, 1.807) is 25.1 Å². The van der Waals surface area contributed by atoms with Crippen molar-refractivity contribution in [2.24, 2.45) is 5.92 Å². The summed E-state index contributed by atoms with van der Waals surface area (Å²) in [5.74, 6) is 0.690. The van der Waals surface area contributed by atoms with Crippen molar-refractivity contribution in [1.82, 2.24) is 15.1 Å². The summed E-state index contributed by atoms with van der Waals surface area (Å²) in [7, 11) is 1.46. The lowest BCUT2D eigenvalue weighted by atomic mass is 9.80. The van der Waals surface area contributed by atoms with Crippen LogP contribution in [-0.4, -0.2) is 53.6 Å². The maximum absolute atomic E-state index is 13.4. The SMILES string of the molecule is CC(=O)NC1(c2ccccc2)CCN(C[C@@H]2C[C@@H]2c2cccc(F)c2)CC1.CN(Cc1ccc(F)cc1)C(=O)O. The molecule has 0 radical (unpaired) electrons. The number of likely N-dealkylation sites (tertiary alicyclic amines) is 1. The molecular weight excluding hydrogens is 512 g/mol. The van der Waals surface area contributed by atoms with Gasteiger partial charge in [0.1, 0.15) is 11.6 Å². The van der Waals surface area contributed by atoms with Crippen molar-refractivity contribution in [2.45, 2.75) is 44.2 Å². The molecule has 3 aromatic rings. The zero-order valence-electron chi connectivity index (χ0n) is 23.0. The highest BCUT2D eigenvalue weighted by Crippen LogP contribution is 2.48. The highest BCUT2D eigenvalue weighted by atomic mass is 19.1. The highest BCUT2D eigenvalue weighted by Gasteiger charge is 2.42. The first-order valence-corrected chi connectivity index (χ1v) is 13.7. The molecule has 2 N–H and O–H groups in total. The second-order valence-corrected chi connectivity index (χ2v) is 10.9. The number of carboxylic acid groups (broad SMARTS) is 1. The Morgan fingerprint density at radius 1 is 0.975 bits per heavy atom. The van der Waals surface area contributed by atoms with E-state index >= 15 is 0 Å². The van der Waals surface area contributed by atoms with E-state index in [1.807, 2.05) is 30.3 Å². The molecule has 0 unspecified atom stereocenters. The lowest BCUT2D eigenvalue weighted by Crippen LogP contribution is -2.52. The lowest BCUT2D eigenvalue weighted by Gasteiger charge is -2.43. The highest BCUT2D eigenvalue weighted by molar-refractivity contribution is 5.74. The molecule has 1 heterocycles. The van der Waals surface area contributed by atoms with E-state index in [0.29, 0.717) is 11.8 Å². The van der Waals surface area contributed by atoms with E-state index in [1.165, 1.54) is 30.8 Å². The molecule has 8 heteroatoms. The molecule has 2 fully saturated rings. The van der Waals surface area contributed by atoms with Gasteiger partial charge in [-0.15, -0.1) is 0 Å². The zero-order valence-corrected chi connectivity index (χ0v) is 23.0. The molecule has 2 amide bonds. The Morgan fingerprint density at radius 2 is 1.65 bits per heavy atom. The normalized spacial score (nSPS) is 19.6. The fourth-order valence-electron chi connectivity index (χ4n) is 5.56. The predicted octanol–water partition coefficient (Wildman–Crippen LogP) is 5.99. The molecule has 6 nitrogen and oxygen atoms in total. The van der Waals surface area contributed by atoms with Crippen molar-refractivity contribution >= 4 is 12.0 Å². The van der Waals surface area contributed by atoms with E-state index in [9.17, 15) is 18.4 Å². The third kappa shape index (κ3) is 7.88. The number of hydrogen-bond acceptors (Lipinski definition) is 3. The largest absolute Gasteiger partial charge is 0.465 e. The summed E-state index contributed by atoms with van der Waals surface area (Å²) in [5, 5.41) is 11.8. The Balaban J connectivity index is 0.000000240. The molecule has 0 spiro atoms. The van der Waals surface area contributed by atoms with Gasteiger partial charge >= 0.3 is 6.09 Å². The molecule has 3 aromatic carbocycles. The molecule has 1 aliphatic carbocycles. The van der Waals surface area contributed by atoms with Crippen molar-refractivity contribution < 1.29 is 23.5 Å². The van der Waals surface area contributed by atoms with Crippen molar-refractivity contribution in [3.05, 3.63) is 107 Å². The van der Waals surface area contributed by atoms with Crippen LogP contribution in [0, 0.1) is 17.6 Å². The van der Waals surface area contributed by atoms with Crippen LogP contribution < -0.4 is 5.32 Å². The van der Waals surface area contributed by atoms with Gasteiger partial charge in [0.15, 0.2) is 0 Å². The van der Waals surface area contributed by atoms with Crippen molar-refractivity contribution in [3.8, 4) is 0 Å². The minimum Gasteiger partial charge on any atom is -0.465 e. The second-order valence-electron chi connectivity index (χ2n) is 10.9. The van der Waals surface area contributed by atoms with Gasteiger partial charge in [-0.2, -0.15) is 0 Å². The molecule has 40 heavy (non-hydrogen) atoms. The Bertz CT molecular complexity index is 1280. The average Bonchev–Trinajstić information content (AvgIpc) is 3.71. The van der Waals surface area contributed by atoms with Crippen molar-refractivity contribution in [3.63, 3.8) is 0 Å². The number of carbonyl (C=O) groups excluding carboxylic acids is 1. The van der Waals surface area contributed by atoms with Crippen LogP contribution in [0.1, 0.15) is 48.8 Å². The van der Waals surface area contributed by atoms with Crippen LogP contribution in [0.5, 0.6) is 0 Å². The molecule has 0 bridgehead atoms. The maximum atomic E-state index is 13.4. The topological polar surface area (TPSA) is 72.9 Å². The van der Waals surface area contributed by atoms with Crippen LogP contribution in [0.4, 0.5) is 13.6 Å². The Morgan fingerprint density at radius 3 is 2.25 bits per heavy atom. The van der Waals surface area contributed by atoms with Gasteiger partial charge in [-0.05, 0) is 72.1 Å². The molecule has 2 atom stereocenters. The monoisotopic (exact) mass is 549 g/mol. The van der Waals surface area contributed by atoms with Gasteiger partial charge in [0.05, 0.1) is 5.54 Å². The molecule has 2 aliphatic rings. The van der Waals surface area contributed by atoms with Crippen LogP contribution in [0.3, 0.4) is 0 Å². The number of benzene rings is 3. The van der Waals surface area contributed by atoms with E-state index in [2.05, 4.69) is 22.3 Å². The summed E-state index contributed by atoms with van der Waals surface area (Å²) in [6.07, 6.45) is 2.00. The fourth-order valence-corrected chi connectivity index (χ4v) is 5.56. The van der Waals surface area contributed by atoms with Gasteiger partial charge in [0, 0.05) is 40.2 Å². The number of hydrogen-bond donors (Lipinski definition) is 2. The summed E-state index contributed by atoms with van der Waals surface area (Å²) in [4.78, 5) is 25.9. The maximum Gasteiger partial charge on any atom is 0.407 e. The fraction of sp³-hybridized carbons (Fsp3) is 0.375. The minimum absolute atomic E-state index is 0.0284. The van der Waals surface area contributed by atoms with Crippen molar-refractivity contribution in [1.29, 1.82) is 0 Å². The van der Waals surface area contributed by atoms with Crippen LogP contribution in [-0.2, 0) is 16.9 Å². The number of nitrogens with zero attached hydrogens (tertiary/aromatic N) is 2. The van der Waals surface area contributed by atoms with E-state index in [0.717, 1.165) is 54.9 Å². The standard InChI is InChI=1S/C23H27FN2O.C9H10FNO2/c1-17(27)25-23(20-7-3-2-4-8-20)10-12-26(13-11-23)16-19-15-22(19)18-6-5-9-21(24)14-18;1-11(9(12)13)6-7-2-4-8(10)5-3-7/h2-9,14,19,22H,10-13,15-16H2,1H3,(H,25,27);2-5H,6H2,1H3,(H,12,13)/t19-,22+;/m0./s1.